The van der Waals surface area contributed by atoms with Gasteiger partial charge in [-0.25, -0.2) is 0 Å². The zero-order chi connectivity index (χ0) is 15.0. The van der Waals surface area contributed by atoms with Gasteiger partial charge in [-0.2, -0.15) is 0 Å². The lowest BCUT2D eigenvalue weighted by Gasteiger charge is -2.15. The molecular weight excluding hydrogens is 252 g/mol. The summed E-state index contributed by atoms with van der Waals surface area (Å²) in [7, 11) is 0. The van der Waals surface area contributed by atoms with Crippen molar-refractivity contribution < 1.29 is 9.53 Å². The van der Waals surface area contributed by atoms with Gasteiger partial charge in [0.15, 0.2) is 0 Å². The first-order valence-corrected chi connectivity index (χ1v) is 7.25. The normalized spacial score (nSPS) is 12.4. The molecule has 1 unspecified atom stereocenters. The van der Waals surface area contributed by atoms with Crippen molar-refractivity contribution in [1.29, 1.82) is 0 Å². The van der Waals surface area contributed by atoms with Gasteiger partial charge in [-0.3, -0.25) is 4.79 Å². The van der Waals surface area contributed by atoms with E-state index < -0.39 is 6.10 Å². The van der Waals surface area contributed by atoms with E-state index in [-0.39, 0.29) is 5.91 Å². The van der Waals surface area contributed by atoms with Crippen LogP contribution in [0.4, 0.5) is 5.69 Å². The van der Waals surface area contributed by atoms with Crippen molar-refractivity contribution in [2.75, 3.05) is 11.9 Å². The summed E-state index contributed by atoms with van der Waals surface area (Å²) in [5, 5.41) is 2.87. The number of nitrogens with one attached hydrogen (secondary N) is 1. The van der Waals surface area contributed by atoms with Crippen molar-refractivity contribution in [3.05, 3.63) is 29.8 Å². The minimum Gasteiger partial charge on any atom is -0.369 e. The Morgan fingerprint density at radius 2 is 2.00 bits per heavy atom. The third-order valence-electron chi connectivity index (χ3n) is 3.16. The molecule has 1 aromatic carbocycles. The van der Waals surface area contributed by atoms with Gasteiger partial charge in [0, 0.05) is 18.8 Å². The van der Waals surface area contributed by atoms with Crippen LogP contribution in [0.25, 0.3) is 0 Å². The van der Waals surface area contributed by atoms with Gasteiger partial charge in [-0.15, -0.1) is 0 Å². The summed E-state index contributed by atoms with van der Waals surface area (Å²) in [5.74, 6) is 0.537. The molecule has 4 nitrogen and oxygen atoms in total. The predicted molar refractivity (Wildman–Crippen MR) is 82.4 cm³/mol. The van der Waals surface area contributed by atoms with Gasteiger partial charge in [0.1, 0.15) is 6.10 Å². The van der Waals surface area contributed by atoms with Crippen molar-refractivity contribution in [1.82, 2.24) is 0 Å². The number of nitrogens with two attached hydrogens (primary N) is 1. The molecule has 0 heterocycles. The van der Waals surface area contributed by atoms with E-state index in [1.54, 1.807) is 6.92 Å². The average molecular weight is 278 g/mol. The lowest BCUT2D eigenvalue weighted by Crippen LogP contribution is -2.28. The highest BCUT2D eigenvalue weighted by atomic mass is 16.5. The Kier molecular flexibility index (Phi) is 7.26. The Balaban J connectivity index is 2.41. The second-order valence-corrected chi connectivity index (χ2v) is 5.40. The quantitative estimate of drug-likeness (QED) is 0.719. The second-order valence-electron chi connectivity index (χ2n) is 5.40. The molecule has 0 bridgehead atoms. The largest absolute Gasteiger partial charge is 0.369 e. The highest BCUT2D eigenvalue weighted by Gasteiger charge is 2.14. The van der Waals surface area contributed by atoms with Crippen LogP contribution in [-0.2, 0) is 16.1 Å². The van der Waals surface area contributed by atoms with Crippen LogP contribution in [0.3, 0.4) is 0 Å². The SMILES string of the molecule is CC(C)CCCOC(C)C(=O)Nc1ccccc1CN. The smallest absolute Gasteiger partial charge is 0.253 e. The van der Waals surface area contributed by atoms with Crippen LogP contribution in [0.5, 0.6) is 0 Å². The first kappa shape index (κ1) is 16.7. The lowest BCUT2D eigenvalue weighted by molar-refractivity contribution is -0.126. The van der Waals surface area contributed by atoms with Gasteiger partial charge in [0.05, 0.1) is 0 Å². The molecule has 0 fully saturated rings. The van der Waals surface area contributed by atoms with E-state index in [4.69, 9.17) is 10.5 Å². The molecule has 0 aromatic heterocycles. The molecule has 112 valence electrons. The fraction of sp³-hybridized carbons (Fsp3) is 0.562. The third-order valence-corrected chi connectivity index (χ3v) is 3.16. The standard InChI is InChI=1S/C16H26N2O2/c1-12(2)7-6-10-20-13(3)16(19)18-15-9-5-4-8-14(15)11-17/h4-5,8-9,12-13H,6-7,10-11,17H2,1-3H3,(H,18,19). The van der Waals surface area contributed by atoms with Gasteiger partial charge < -0.3 is 15.8 Å². The zero-order valence-corrected chi connectivity index (χ0v) is 12.7. The summed E-state index contributed by atoms with van der Waals surface area (Å²) in [6.07, 6.45) is 1.65. The molecular formula is C16H26N2O2. The van der Waals surface area contributed by atoms with E-state index in [1.807, 2.05) is 24.3 Å². The van der Waals surface area contributed by atoms with E-state index in [1.165, 1.54) is 0 Å². The Labute approximate surface area is 121 Å². The summed E-state index contributed by atoms with van der Waals surface area (Å²) in [6.45, 7) is 7.15. The van der Waals surface area contributed by atoms with Gasteiger partial charge in [0.2, 0.25) is 0 Å². The van der Waals surface area contributed by atoms with Crippen LogP contribution in [0.15, 0.2) is 24.3 Å². The number of carbonyl (C=O) groups excluding carboxylic acids is 1. The molecule has 0 saturated carbocycles. The van der Waals surface area contributed by atoms with E-state index in [9.17, 15) is 4.79 Å². The number of ether oxygens (including phenoxy) is 1. The maximum absolute atomic E-state index is 12.0. The Bertz CT molecular complexity index is 419. The number of hydrogen-bond donors (Lipinski definition) is 2. The highest BCUT2D eigenvalue weighted by Crippen LogP contribution is 2.14. The van der Waals surface area contributed by atoms with Crippen LogP contribution in [0, 0.1) is 5.92 Å². The molecule has 20 heavy (non-hydrogen) atoms. The second kappa shape index (κ2) is 8.72. The van der Waals surface area contributed by atoms with Crippen LogP contribution >= 0.6 is 0 Å². The molecule has 1 aromatic rings. The summed E-state index contributed by atoms with van der Waals surface area (Å²) in [5.41, 5.74) is 7.33. The minimum absolute atomic E-state index is 0.129. The van der Waals surface area contributed by atoms with Gasteiger partial charge in [-0.05, 0) is 37.3 Å². The number of anilines is 1. The van der Waals surface area contributed by atoms with Gasteiger partial charge in [-0.1, -0.05) is 32.0 Å². The fourth-order valence-corrected chi connectivity index (χ4v) is 1.88. The number of amides is 1. The number of benzene rings is 1. The molecule has 1 rings (SSSR count). The molecule has 0 aliphatic heterocycles. The predicted octanol–water partition coefficient (Wildman–Crippen LogP) is 2.93. The van der Waals surface area contributed by atoms with Crippen molar-refractivity contribution in [2.45, 2.75) is 46.3 Å². The Morgan fingerprint density at radius 1 is 1.30 bits per heavy atom. The van der Waals surface area contributed by atoms with E-state index in [2.05, 4.69) is 19.2 Å². The molecule has 0 aliphatic rings. The number of rotatable bonds is 8. The molecule has 0 saturated heterocycles. The Hall–Kier alpha value is -1.39. The first-order valence-electron chi connectivity index (χ1n) is 7.25. The third kappa shape index (κ3) is 5.72. The lowest BCUT2D eigenvalue weighted by atomic mass is 10.1. The molecule has 1 atom stereocenters. The highest BCUT2D eigenvalue weighted by molar-refractivity contribution is 5.94. The van der Waals surface area contributed by atoms with E-state index in [0.717, 1.165) is 24.1 Å². The summed E-state index contributed by atoms with van der Waals surface area (Å²) >= 11 is 0. The first-order chi connectivity index (χ1) is 9.54. The summed E-state index contributed by atoms with van der Waals surface area (Å²) in [6, 6.07) is 7.54. The molecule has 0 aliphatic carbocycles. The van der Waals surface area contributed by atoms with E-state index >= 15 is 0 Å². The topological polar surface area (TPSA) is 64.3 Å². The number of hydrogen-bond acceptors (Lipinski definition) is 3. The molecule has 3 N–H and O–H groups in total. The molecule has 4 heteroatoms. The molecule has 0 spiro atoms. The van der Waals surface area contributed by atoms with Crippen molar-refractivity contribution in [3.8, 4) is 0 Å². The fourth-order valence-electron chi connectivity index (χ4n) is 1.88. The van der Waals surface area contributed by atoms with Gasteiger partial charge >= 0.3 is 0 Å². The number of carbonyl (C=O) groups is 1. The zero-order valence-electron chi connectivity index (χ0n) is 12.7. The van der Waals surface area contributed by atoms with E-state index in [0.29, 0.717) is 19.1 Å². The number of para-hydroxylation sites is 1. The molecule has 1 amide bonds. The summed E-state index contributed by atoms with van der Waals surface area (Å²) in [4.78, 5) is 12.0. The Morgan fingerprint density at radius 3 is 2.65 bits per heavy atom. The summed E-state index contributed by atoms with van der Waals surface area (Å²) < 4.78 is 5.56. The van der Waals surface area contributed by atoms with Crippen molar-refractivity contribution in [2.24, 2.45) is 11.7 Å². The van der Waals surface area contributed by atoms with Gasteiger partial charge in [0.25, 0.3) is 5.91 Å². The molecule has 0 radical (unpaired) electrons. The maximum Gasteiger partial charge on any atom is 0.253 e. The van der Waals surface area contributed by atoms with Crippen molar-refractivity contribution in [3.63, 3.8) is 0 Å². The maximum atomic E-state index is 12.0. The van der Waals surface area contributed by atoms with Crippen molar-refractivity contribution >= 4 is 11.6 Å². The average Bonchev–Trinajstić information content (AvgIpc) is 2.43. The minimum atomic E-state index is -0.451. The van der Waals surface area contributed by atoms with Crippen LogP contribution < -0.4 is 11.1 Å². The monoisotopic (exact) mass is 278 g/mol. The van der Waals surface area contributed by atoms with Crippen LogP contribution in [0.1, 0.15) is 39.2 Å². The van der Waals surface area contributed by atoms with Crippen LogP contribution in [-0.4, -0.2) is 18.6 Å². The van der Waals surface area contributed by atoms with Crippen LogP contribution in [0.2, 0.25) is 0 Å².